The topological polar surface area (TPSA) is 167 Å². The lowest BCUT2D eigenvalue weighted by Gasteiger charge is -2.19. The van der Waals surface area contributed by atoms with E-state index in [0.29, 0.717) is 33.3 Å². The summed E-state index contributed by atoms with van der Waals surface area (Å²) in [5.41, 5.74) is 2.09. The second-order valence-electron chi connectivity index (χ2n) is 12.5. The van der Waals surface area contributed by atoms with Gasteiger partial charge in [-0.3, -0.25) is 9.78 Å². The Morgan fingerprint density at radius 3 is 2.47 bits per heavy atom. The van der Waals surface area contributed by atoms with Gasteiger partial charge >= 0.3 is 6.09 Å². The average Bonchev–Trinajstić information content (AvgIpc) is 3.46. The van der Waals surface area contributed by atoms with Crippen LogP contribution in [0.25, 0.3) is 33.1 Å². The summed E-state index contributed by atoms with van der Waals surface area (Å²) in [6.45, 7) is 7.52. The highest BCUT2D eigenvalue weighted by atomic mass is 35.5. The number of hydrogen-bond donors (Lipinski definition) is 2. The van der Waals surface area contributed by atoms with Gasteiger partial charge < -0.3 is 24.5 Å². The van der Waals surface area contributed by atoms with Gasteiger partial charge in [-0.2, -0.15) is 4.98 Å². The number of hydrogen-bond acceptors (Lipinski definition) is 10. The first-order valence-corrected chi connectivity index (χ1v) is 17.8. The standard InChI is InChI=1S/C35H32Cl2N6O7S/c1-20-5-8-25(9-6-20)51(46,47)43-19-26(29-30(36)41-33(37)42-31(29)43)22-7-10-27-23(14-22)15-28(32(44)40-27)49-12-11-48-24-13-21(16-38-18-24)17-39-34(45)50-35(2,3)4/h5-10,13-16,18-19H,11-12,17H2,1-4H3,(H,39,45)(H,40,44). The number of nitrogens with one attached hydrogen (secondary N) is 2. The molecule has 13 nitrogen and oxygen atoms in total. The van der Waals surface area contributed by atoms with E-state index in [1.165, 1.54) is 24.5 Å². The molecule has 6 rings (SSSR count). The first-order chi connectivity index (χ1) is 24.2. The van der Waals surface area contributed by atoms with Crippen molar-refractivity contribution in [1.82, 2.24) is 29.2 Å². The highest BCUT2D eigenvalue weighted by molar-refractivity contribution is 7.90. The Morgan fingerprint density at radius 1 is 0.980 bits per heavy atom. The fourth-order valence-corrected chi connectivity index (χ4v) is 6.94. The van der Waals surface area contributed by atoms with Crippen LogP contribution in [0.5, 0.6) is 11.5 Å². The van der Waals surface area contributed by atoms with Crippen LogP contribution < -0.4 is 20.3 Å². The van der Waals surface area contributed by atoms with E-state index in [0.717, 1.165) is 9.54 Å². The van der Waals surface area contributed by atoms with Gasteiger partial charge in [0.1, 0.15) is 29.7 Å². The Kier molecular flexibility index (Phi) is 9.93. The number of alkyl carbamates (subject to hydrolysis) is 1. The molecule has 0 saturated heterocycles. The van der Waals surface area contributed by atoms with E-state index in [1.54, 1.807) is 69.4 Å². The number of fused-ring (bicyclic) bond motifs is 2. The number of carbonyl (C=O) groups is 1. The third kappa shape index (κ3) is 8.08. The minimum absolute atomic E-state index is 0.0150. The Bertz CT molecular complexity index is 2440. The summed E-state index contributed by atoms with van der Waals surface area (Å²) in [5, 5.41) is 3.32. The number of nitrogens with zero attached hydrogens (tertiary/aromatic N) is 4. The fourth-order valence-electron chi connectivity index (χ4n) is 5.16. The highest BCUT2D eigenvalue weighted by Gasteiger charge is 2.26. The van der Waals surface area contributed by atoms with Crippen molar-refractivity contribution in [2.45, 2.75) is 44.7 Å². The van der Waals surface area contributed by atoms with Crippen LogP contribution in [0.4, 0.5) is 4.79 Å². The van der Waals surface area contributed by atoms with Crippen molar-refractivity contribution >= 4 is 61.3 Å². The normalized spacial score (nSPS) is 11.9. The molecule has 2 aromatic carbocycles. The van der Waals surface area contributed by atoms with Crippen LogP contribution in [-0.2, 0) is 21.3 Å². The van der Waals surface area contributed by atoms with E-state index in [1.807, 2.05) is 6.92 Å². The second kappa shape index (κ2) is 14.2. The van der Waals surface area contributed by atoms with Crippen LogP contribution in [0.2, 0.25) is 10.4 Å². The highest BCUT2D eigenvalue weighted by Crippen LogP contribution is 2.37. The maximum Gasteiger partial charge on any atom is 0.407 e. The molecular formula is C35H32Cl2N6O7S. The summed E-state index contributed by atoms with van der Waals surface area (Å²) in [6, 6.07) is 14.9. The van der Waals surface area contributed by atoms with Crippen molar-refractivity contribution in [3.05, 3.63) is 105 Å². The molecule has 4 aromatic heterocycles. The Balaban J connectivity index is 1.21. The largest absolute Gasteiger partial charge is 0.488 e. The lowest BCUT2D eigenvalue weighted by Crippen LogP contribution is -2.32. The number of ether oxygens (including phenoxy) is 3. The maximum absolute atomic E-state index is 13.8. The van der Waals surface area contributed by atoms with Gasteiger partial charge in [-0.15, -0.1) is 0 Å². The monoisotopic (exact) mass is 750 g/mol. The number of pyridine rings is 2. The fraction of sp³-hybridized carbons (Fsp3) is 0.229. The molecular weight excluding hydrogens is 719 g/mol. The van der Waals surface area contributed by atoms with Crippen molar-refractivity contribution in [2.24, 2.45) is 0 Å². The predicted octanol–water partition coefficient (Wildman–Crippen LogP) is 6.67. The molecule has 0 fully saturated rings. The summed E-state index contributed by atoms with van der Waals surface area (Å²) >= 11 is 12.7. The van der Waals surface area contributed by atoms with Gasteiger partial charge in [0.15, 0.2) is 11.4 Å². The number of benzene rings is 2. The molecule has 4 heterocycles. The zero-order valence-corrected chi connectivity index (χ0v) is 30.2. The van der Waals surface area contributed by atoms with E-state index in [4.69, 9.17) is 37.4 Å². The minimum Gasteiger partial charge on any atom is -0.488 e. The van der Waals surface area contributed by atoms with Gasteiger partial charge in [-0.25, -0.2) is 22.2 Å². The van der Waals surface area contributed by atoms with Crippen LogP contribution in [0.15, 0.2) is 82.9 Å². The zero-order chi connectivity index (χ0) is 36.5. The van der Waals surface area contributed by atoms with Crippen LogP contribution >= 0.6 is 23.2 Å². The van der Waals surface area contributed by atoms with Crippen molar-refractivity contribution in [3.8, 4) is 22.6 Å². The molecule has 2 N–H and O–H groups in total. The lowest BCUT2D eigenvalue weighted by atomic mass is 10.0. The maximum atomic E-state index is 13.8. The van der Waals surface area contributed by atoms with Crippen molar-refractivity contribution in [1.29, 1.82) is 0 Å². The lowest BCUT2D eigenvalue weighted by molar-refractivity contribution is 0.0523. The Labute approximate surface area is 302 Å². The van der Waals surface area contributed by atoms with Gasteiger partial charge in [0, 0.05) is 35.4 Å². The average molecular weight is 752 g/mol. The first kappa shape index (κ1) is 35.6. The molecule has 0 spiro atoms. The molecule has 0 aliphatic carbocycles. The third-order valence-corrected chi connectivity index (χ3v) is 9.56. The zero-order valence-electron chi connectivity index (χ0n) is 27.9. The number of aromatic nitrogens is 5. The molecule has 1 amide bonds. The Hall–Kier alpha value is -5.18. The predicted molar refractivity (Wildman–Crippen MR) is 193 cm³/mol. The van der Waals surface area contributed by atoms with E-state index in [9.17, 15) is 18.0 Å². The number of H-pyrrole nitrogens is 1. The van der Waals surface area contributed by atoms with E-state index >= 15 is 0 Å². The number of halogens is 2. The van der Waals surface area contributed by atoms with Gasteiger partial charge in [-0.05, 0) is 86.8 Å². The second-order valence-corrected chi connectivity index (χ2v) is 15.0. The summed E-state index contributed by atoms with van der Waals surface area (Å²) in [4.78, 5) is 40.1. The van der Waals surface area contributed by atoms with E-state index in [-0.39, 0.29) is 51.9 Å². The van der Waals surface area contributed by atoms with Crippen LogP contribution in [0.3, 0.4) is 0 Å². The van der Waals surface area contributed by atoms with Gasteiger partial charge in [0.25, 0.3) is 15.6 Å². The summed E-state index contributed by atoms with van der Waals surface area (Å²) in [5.74, 6) is 0.501. The van der Waals surface area contributed by atoms with E-state index in [2.05, 4.69) is 25.3 Å². The minimum atomic E-state index is -4.10. The number of rotatable bonds is 10. The molecule has 0 atom stereocenters. The summed E-state index contributed by atoms with van der Waals surface area (Å²) in [7, 11) is -4.10. The number of carbonyl (C=O) groups excluding carboxylic acids is 1. The summed E-state index contributed by atoms with van der Waals surface area (Å²) in [6.07, 6.45) is 4.00. The SMILES string of the molecule is Cc1ccc(S(=O)(=O)n2cc(-c3ccc4[nH]c(=O)c(OCCOc5cncc(CNC(=O)OC(C)(C)C)c5)cc4c3)c3c(Cl)nc(Cl)nc32)cc1. The first-order valence-electron chi connectivity index (χ1n) is 15.6. The van der Waals surface area contributed by atoms with E-state index < -0.39 is 27.3 Å². The smallest absolute Gasteiger partial charge is 0.407 e. The van der Waals surface area contributed by atoms with Crippen molar-refractivity contribution in [2.75, 3.05) is 13.2 Å². The molecule has 16 heteroatoms. The molecule has 0 unspecified atom stereocenters. The number of amides is 1. The molecule has 0 bridgehead atoms. The molecule has 0 aliphatic heterocycles. The van der Waals surface area contributed by atoms with Gasteiger partial charge in [0.2, 0.25) is 5.28 Å². The quantitative estimate of drug-likeness (QED) is 0.0877. The Morgan fingerprint density at radius 2 is 1.73 bits per heavy atom. The molecule has 6 aromatic rings. The van der Waals surface area contributed by atoms with Gasteiger partial charge in [0.05, 0.1) is 16.5 Å². The summed E-state index contributed by atoms with van der Waals surface area (Å²) < 4.78 is 45.4. The van der Waals surface area contributed by atoms with Gasteiger partial charge in [-0.1, -0.05) is 35.4 Å². The third-order valence-electron chi connectivity index (χ3n) is 7.46. The molecule has 51 heavy (non-hydrogen) atoms. The van der Waals surface area contributed by atoms with Crippen LogP contribution in [0, 0.1) is 6.92 Å². The van der Waals surface area contributed by atoms with Crippen LogP contribution in [0.1, 0.15) is 31.9 Å². The molecule has 0 radical (unpaired) electrons. The van der Waals surface area contributed by atoms with Crippen molar-refractivity contribution < 1.29 is 27.4 Å². The number of aromatic amines is 1. The molecule has 0 saturated carbocycles. The molecule has 0 aliphatic rings. The molecule has 264 valence electrons. The number of aryl methyl sites for hydroxylation is 1. The van der Waals surface area contributed by atoms with Crippen molar-refractivity contribution in [3.63, 3.8) is 0 Å². The van der Waals surface area contributed by atoms with Crippen LogP contribution in [-0.4, -0.2) is 57.2 Å².